The van der Waals surface area contributed by atoms with Crippen LogP contribution >= 0.6 is 0 Å². The second-order valence-corrected chi connectivity index (χ2v) is 14.4. The van der Waals surface area contributed by atoms with Crippen LogP contribution in [-0.4, -0.2) is 107 Å². The molecule has 3 aliphatic heterocycles. The maximum absolute atomic E-state index is 13.2. The summed E-state index contributed by atoms with van der Waals surface area (Å²) >= 11 is 0. The van der Waals surface area contributed by atoms with Gasteiger partial charge >= 0.3 is 6.03 Å². The molecule has 11 nitrogen and oxygen atoms in total. The third kappa shape index (κ3) is 7.98. The molecule has 0 atom stereocenters. The molecule has 3 amide bonds. The van der Waals surface area contributed by atoms with E-state index in [1.807, 2.05) is 78.6 Å². The lowest BCUT2D eigenvalue weighted by atomic mass is 10.1. The number of hydrogen-bond donors (Lipinski definition) is 2. The van der Waals surface area contributed by atoms with E-state index in [-0.39, 0.29) is 23.4 Å². The Morgan fingerprint density at radius 2 is 1.37 bits per heavy atom. The number of nitrogens with one attached hydrogen (secondary N) is 2. The summed E-state index contributed by atoms with van der Waals surface area (Å²) in [6.07, 6.45) is 0. The van der Waals surface area contributed by atoms with Crippen molar-refractivity contribution in [3.8, 4) is 0 Å². The largest absolute Gasteiger partial charge is 0.378 e. The number of carbonyl (C=O) groups is 2. The molecule has 244 valence electrons. The van der Waals surface area contributed by atoms with Crippen LogP contribution in [0.2, 0.25) is 0 Å². The van der Waals surface area contributed by atoms with Crippen molar-refractivity contribution in [1.82, 2.24) is 9.80 Å². The molecule has 3 aromatic carbocycles. The lowest BCUT2D eigenvalue weighted by Crippen LogP contribution is -2.50. The van der Waals surface area contributed by atoms with Gasteiger partial charge in [0.25, 0.3) is 5.91 Å². The van der Waals surface area contributed by atoms with Gasteiger partial charge in [-0.3, -0.25) is 9.69 Å². The Morgan fingerprint density at radius 3 is 2.04 bits per heavy atom. The molecule has 2 N–H and O–H groups in total. The highest BCUT2D eigenvalue weighted by atomic mass is 32.2. The minimum Gasteiger partial charge on any atom is -0.378 e. The van der Waals surface area contributed by atoms with E-state index in [0.717, 1.165) is 60.2 Å². The number of aryl methyl sites for hydroxylation is 1. The quantitative estimate of drug-likeness (QED) is 0.400. The number of nitrogens with zero attached hydrogens (tertiary/aromatic N) is 4. The number of hydrogen-bond acceptors (Lipinski definition) is 8. The zero-order chi connectivity index (χ0) is 32.1. The zero-order valence-electron chi connectivity index (χ0n) is 26.3. The Kier molecular flexibility index (Phi) is 9.76. The highest BCUT2D eigenvalue weighted by Gasteiger charge is 2.24. The van der Waals surface area contributed by atoms with Crippen LogP contribution in [0.4, 0.5) is 27.5 Å². The average molecular weight is 647 g/mol. The number of urea groups is 1. The van der Waals surface area contributed by atoms with Gasteiger partial charge < -0.3 is 30.1 Å². The number of morpholine rings is 1. The number of amides is 3. The molecule has 46 heavy (non-hydrogen) atoms. The summed E-state index contributed by atoms with van der Waals surface area (Å²) in [7, 11) is -2.90. The molecule has 3 fully saturated rings. The number of benzene rings is 3. The van der Waals surface area contributed by atoms with Crippen molar-refractivity contribution in [3.05, 3.63) is 83.4 Å². The van der Waals surface area contributed by atoms with Crippen molar-refractivity contribution in [2.75, 3.05) is 97.5 Å². The molecule has 0 spiro atoms. The topological polar surface area (TPSA) is 115 Å². The van der Waals surface area contributed by atoms with Crippen LogP contribution in [0.3, 0.4) is 0 Å². The standard InChI is InChI=1S/C34H42N6O5S/c1-26-2-5-28(33(41)35-29-8-10-31(11-9-29)38-16-20-45-21-17-38)24-32(26)39-12-14-40(15-13-39)34(42)36-30-6-3-27(4-7-30)25-37-18-22-46(43,44)23-19-37/h2-11,24H,12-23,25H2,1H3,(H,35,41)(H,36,42). The van der Waals surface area contributed by atoms with Gasteiger partial charge in [0.05, 0.1) is 24.7 Å². The van der Waals surface area contributed by atoms with Crippen LogP contribution < -0.4 is 20.4 Å². The SMILES string of the molecule is Cc1ccc(C(=O)Nc2ccc(N3CCOCC3)cc2)cc1N1CCN(C(=O)Nc2ccc(CN3CCS(=O)(=O)CC3)cc2)CC1. The fraction of sp³-hybridized carbons (Fsp3) is 0.412. The van der Waals surface area contributed by atoms with Gasteiger partial charge in [0, 0.05) is 87.2 Å². The lowest BCUT2D eigenvalue weighted by Gasteiger charge is -2.37. The Hall–Kier alpha value is -4.13. The van der Waals surface area contributed by atoms with Crippen molar-refractivity contribution in [2.24, 2.45) is 0 Å². The zero-order valence-corrected chi connectivity index (χ0v) is 27.1. The molecule has 12 heteroatoms. The van der Waals surface area contributed by atoms with Crippen LogP contribution in [-0.2, 0) is 21.1 Å². The van der Waals surface area contributed by atoms with E-state index in [1.54, 1.807) is 0 Å². The predicted octanol–water partition coefficient (Wildman–Crippen LogP) is 3.67. The van der Waals surface area contributed by atoms with E-state index in [4.69, 9.17) is 4.74 Å². The maximum Gasteiger partial charge on any atom is 0.321 e. The van der Waals surface area contributed by atoms with E-state index in [9.17, 15) is 18.0 Å². The summed E-state index contributed by atoms with van der Waals surface area (Å²) in [6.45, 7) is 9.46. The van der Waals surface area contributed by atoms with Gasteiger partial charge in [0.1, 0.15) is 0 Å². The third-order valence-electron chi connectivity index (χ3n) is 8.93. The number of carbonyl (C=O) groups excluding carboxylic acids is 2. The van der Waals surface area contributed by atoms with Crippen LogP contribution in [0.25, 0.3) is 0 Å². The van der Waals surface area contributed by atoms with Crippen molar-refractivity contribution in [2.45, 2.75) is 13.5 Å². The first-order chi connectivity index (χ1) is 22.2. The number of ether oxygens (including phenoxy) is 1. The van der Waals surface area contributed by atoms with Crippen molar-refractivity contribution < 1.29 is 22.7 Å². The van der Waals surface area contributed by atoms with Gasteiger partial charge in [-0.15, -0.1) is 0 Å². The van der Waals surface area contributed by atoms with Crippen LogP contribution in [0.1, 0.15) is 21.5 Å². The van der Waals surface area contributed by atoms with Crippen molar-refractivity contribution >= 4 is 44.5 Å². The highest BCUT2D eigenvalue weighted by molar-refractivity contribution is 7.91. The number of sulfone groups is 1. The molecule has 0 unspecified atom stereocenters. The maximum atomic E-state index is 13.2. The van der Waals surface area contributed by atoms with E-state index in [0.29, 0.717) is 51.4 Å². The minimum atomic E-state index is -2.90. The van der Waals surface area contributed by atoms with Gasteiger partial charge in [0.2, 0.25) is 0 Å². The first-order valence-electron chi connectivity index (χ1n) is 15.9. The van der Waals surface area contributed by atoms with E-state index in [1.165, 1.54) is 0 Å². The molecule has 0 radical (unpaired) electrons. The molecule has 3 aliphatic rings. The Balaban J connectivity index is 0.990. The molecule has 0 aromatic heterocycles. The molecule has 0 saturated carbocycles. The number of rotatable bonds is 7. The molecule has 0 aliphatic carbocycles. The molecule has 0 bridgehead atoms. The van der Waals surface area contributed by atoms with Gasteiger partial charge in [-0.25, -0.2) is 13.2 Å². The second kappa shape index (κ2) is 14.1. The summed E-state index contributed by atoms with van der Waals surface area (Å²) in [5, 5.41) is 6.03. The minimum absolute atomic E-state index is 0.141. The fourth-order valence-corrected chi connectivity index (χ4v) is 7.36. The van der Waals surface area contributed by atoms with Crippen molar-refractivity contribution in [1.29, 1.82) is 0 Å². The number of piperazine rings is 1. The van der Waals surface area contributed by atoms with E-state index in [2.05, 4.69) is 25.3 Å². The Labute approximate surface area is 271 Å². The summed E-state index contributed by atoms with van der Waals surface area (Å²) in [5.41, 5.74) is 6.34. The molecular formula is C34H42N6O5S. The summed E-state index contributed by atoms with van der Waals surface area (Å²) in [4.78, 5) is 34.7. The van der Waals surface area contributed by atoms with Gasteiger partial charge in [-0.05, 0) is 66.6 Å². The number of anilines is 4. The third-order valence-corrected chi connectivity index (χ3v) is 10.5. The molecule has 3 heterocycles. The molecule has 3 aromatic rings. The highest BCUT2D eigenvalue weighted by Crippen LogP contribution is 2.25. The lowest BCUT2D eigenvalue weighted by molar-refractivity contribution is 0.102. The Bertz CT molecular complexity index is 1620. The summed E-state index contributed by atoms with van der Waals surface area (Å²) < 4.78 is 28.8. The van der Waals surface area contributed by atoms with Crippen LogP contribution in [0, 0.1) is 6.92 Å². The fourth-order valence-electron chi connectivity index (χ4n) is 6.08. The van der Waals surface area contributed by atoms with Gasteiger partial charge in [0.15, 0.2) is 9.84 Å². The van der Waals surface area contributed by atoms with E-state index >= 15 is 0 Å². The smallest absolute Gasteiger partial charge is 0.321 e. The van der Waals surface area contributed by atoms with Crippen molar-refractivity contribution in [3.63, 3.8) is 0 Å². The summed E-state index contributed by atoms with van der Waals surface area (Å²) in [6, 6.07) is 21.3. The van der Waals surface area contributed by atoms with Crippen LogP contribution in [0.5, 0.6) is 0 Å². The Morgan fingerprint density at radius 1 is 0.739 bits per heavy atom. The predicted molar refractivity (Wildman–Crippen MR) is 182 cm³/mol. The summed E-state index contributed by atoms with van der Waals surface area (Å²) in [5.74, 6) is 0.258. The second-order valence-electron chi connectivity index (χ2n) is 12.1. The monoisotopic (exact) mass is 646 g/mol. The van der Waals surface area contributed by atoms with Gasteiger partial charge in [-0.2, -0.15) is 0 Å². The molecule has 3 saturated heterocycles. The molecular weight excluding hydrogens is 604 g/mol. The van der Waals surface area contributed by atoms with Gasteiger partial charge in [-0.1, -0.05) is 18.2 Å². The normalized spacial score (nSPS) is 18.7. The van der Waals surface area contributed by atoms with Crippen LogP contribution in [0.15, 0.2) is 66.7 Å². The first-order valence-corrected chi connectivity index (χ1v) is 17.7. The average Bonchev–Trinajstić information content (AvgIpc) is 3.07. The molecule has 6 rings (SSSR count). The first kappa shape index (κ1) is 31.8. The van der Waals surface area contributed by atoms with E-state index < -0.39 is 9.84 Å².